The molecule has 0 amide bonds. The standard InChI is InChI=1S/C18H20FN/c1-20-12-14-11-15(19)9-10-17(14)18-8-3-2-7-16(18)13-5-4-6-13/h2-3,7-11,13,20H,4-6,12H2,1H3. The van der Waals surface area contributed by atoms with Gasteiger partial charge in [-0.05, 0) is 60.2 Å². The zero-order valence-electron chi connectivity index (χ0n) is 11.8. The third-order valence-corrected chi connectivity index (χ3v) is 4.23. The molecule has 0 atom stereocenters. The van der Waals surface area contributed by atoms with E-state index in [1.54, 1.807) is 12.1 Å². The highest BCUT2D eigenvalue weighted by Gasteiger charge is 2.22. The summed E-state index contributed by atoms with van der Waals surface area (Å²) in [4.78, 5) is 0. The highest BCUT2D eigenvalue weighted by molar-refractivity contribution is 5.71. The van der Waals surface area contributed by atoms with Crippen LogP contribution in [0, 0.1) is 5.82 Å². The van der Waals surface area contributed by atoms with Crippen molar-refractivity contribution in [2.75, 3.05) is 7.05 Å². The second-order valence-corrected chi connectivity index (χ2v) is 5.55. The molecule has 0 saturated heterocycles. The second kappa shape index (κ2) is 5.76. The monoisotopic (exact) mass is 269 g/mol. The molecule has 2 heteroatoms. The molecule has 3 rings (SSSR count). The van der Waals surface area contributed by atoms with Crippen molar-refractivity contribution in [3.8, 4) is 11.1 Å². The molecule has 0 heterocycles. The van der Waals surface area contributed by atoms with Gasteiger partial charge in [-0.15, -0.1) is 0 Å². The summed E-state index contributed by atoms with van der Waals surface area (Å²) in [6.07, 6.45) is 3.88. The third-order valence-electron chi connectivity index (χ3n) is 4.23. The van der Waals surface area contributed by atoms with Crippen molar-refractivity contribution < 1.29 is 4.39 Å². The summed E-state index contributed by atoms with van der Waals surface area (Å²) in [6, 6.07) is 13.7. The van der Waals surface area contributed by atoms with Crippen LogP contribution in [0.1, 0.15) is 36.3 Å². The van der Waals surface area contributed by atoms with E-state index in [0.29, 0.717) is 12.5 Å². The molecule has 0 aromatic heterocycles. The van der Waals surface area contributed by atoms with E-state index in [1.165, 1.54) is 30.4 Å². The van der Waals surface area contributed by atoms with Crippen molar-refractivity contribution in [1.29, 1.82) is 0 Å². The van der Waals surface area contributed by atoms with Crippen molar-refractivity contribution in [2.45, 2.75) is 31.7 Å². The van der Waals surface area contributed by atoms with E-state index in [4.69, 9.17) is 0 Å². The average molecular weight is 269 g/mol. The third kappa shape index (κ3) is 2.48. The van der Waals surface area contributed by atoms with Crippen molar-refractivity contribution in [2.24, 2.45) is 0 Å². The van der Waals surface area contributed by atoms with Crippen molar-refractivity contribution in [3.63, 3.8) is 0 Å². The Morgan fingerprint density at radius 1 is 1.10 bits per heavy atom. The van der Waals surface area contributed by atoms with Crippen LogP contribution in [0.3, 0.4) is 0 Å². The molecular weight excluding hydrogens is 249 g/mol. The molecule has 0 radical (unpaired) electrons. The molecule has 2 aromatic rings. The summed E-state index contributed by atoms with van der Waals surface area (Å²) in [5.74, 6) is 0.513. The van der Waals surface area contributed by atoms with Gasteiger partial charge in [0.25, 0.3) is 0 Å². The average Bonchev–Trinajstić information content (AvgIpc) is 2.39. The van der Waals surface area contributed by atoms with E-state index < -0.39 is 0 Å². The summed E-state index contributed by atoms with van der Waals surface area (Å²) in [5.41, 5.74) is 4.87. The number of rotatable bonds is 4. The molecular formula is C18H20FN. The molecule has 0 spiro atoms. The van der Waals surface area contributed by atoms with Gasteiger partial charge in [-0.2, -0.15) is 0 Å². The number of halogens is 1. The molecule has 20 heavy (non-hydrogen) atoms. The maximum Gasteiger partial charge on any atom is 0.123 e. The predicted molar refractivity (Wildman–Crippen MR) is 81.2 cm³/mol. The highest BCUT2D eigenvalue weighted by atomic mass is 19.1. The second-order valence-electron chi connectivity index (χ2n) is 5.55. The molecule has 1 aliphatic carbocycles. The lowest BCUT2D eigenvalue weighted by molar-refractivity contribution is 0.420. The Labute approximate surface area is 119 Å². The molecule has 104 valence electrons. The minimum atomic E-state index is -0.167. The molecule has 0 unspecified atom stereocenters. The number of hydrogen-bond acceptors (Lipinski definition) is 1. The zero-order chi connectivity index (χ0) is 13.9. The SMILES string of the molecule is CNCc1cc(F)ccc1-c1ccccc1C1CCC1. The maximum absolute atomic E-state index is 13.5. The molecule has 0 aliphatic heterocycles. The lowest BCUT2D eigenvalue weighted by Crippen LogP contribution is -2.11. The van der Waals surface area contributed by atoms with E-state index in [2.05, 4.69) is 29.6 Å². The molecule has 1 nitrogen and oxygen atoms in total. The van der Waals surface area contributed by atoms with Gasteiger partial charge < -0.3 is 5.32 Å². The zero-order valence-corrected chi connectivity index (χ0v) is 11.8. The van der Waals surface area contributed by atoms with Gasteiger partial charge in [-0.3, -0.25) is 0 Å². The van der Waals surface area contributed by atoms with Crippen LogP contribution in [0.15, 0.2) is 42.5 Å². The first kappa shape index (κ1) is 13.3. The van der Waals surface area contributed by atoms with Crippen LogP contribution < -0.4 is 5.32 Å². The quantitative estimate of drug-likeness (QED) is 0.863. The Morgan fingerprint density at radius 2 is 1.90 bits per heavy atom. The van der Waals surface area contributed by atoms with E-state index in [-0.39, 0.29) is 5.82 Å². The van der Waals surface area contributed by atoms with Crippen LogP contribution >= 0.6 is 0 Å². The first-order valence-corrected chi connectivity index (χ1v) is 7.32. The van der Waals surface area contributed by atoms with Crippen LogP contribution in [-0.4, -0.2) is 7.05 Å². The fraction of sp³-hybridized carbons (Fsp3) is 0.333. The van der Waals surface area contributed by atoms with Crippen molar-refractivity contribution in [1.82, 2.24) is 5.32 Å². The Balaban J connectivity index is 2.08. The van der Waals surface area contributed by atoms with Gasteiger partial charge in [-0.25, -0.2) is 4.39 Å². The van der Waals surface area contributed by atoms with Gasteiger partial charge in [0, 0.05) is 6.54 Å². The van der Waals surface area contributed by atoms with Crippen molar-refractivity contribution in [3.05, 3.63) is 59.4 Å². The summed E-state index contributed by atoms with van der Waals surface area (Å²) < 4.78 is 13.5. The minimum Gasteiger partial charge on any atom is -0.316 e. The van der Waals surface area contributed by atoms with E-state index >= 15 is 0 Å². The Bertz CT molecular complexity index is 602. The van der Waals surface area contributed by atoms with Crippen LogP contribution in [0.25, 0.3) is 11.1 Å². The summed E-state index contributed by atoms with van der Waals surface area (Å²) in [6.45, 7) is 0.687. The lowest BCUT2D eigenvalue weighted by atomic mass is 9.77. The van der Waals surface area contributed by atoms with Crippen LogP contribution in [0.4, 0.5) is 4.39 Å². The van der Waals surface area contributed by atoms with Gasteiger partial charge in [0.2, 0.25) is 0 Å². The molecule has 2 aromatic carbocycles. The molecule has 0 bridgehead atoms. The van der Waals surface area contributed by atoms with E-state index in [9.17, 15) is 4.39 Å². The maximum atomic E-state index is 13.5. The number of benzene rings is 2. The number of hydrogen-bond donors (Lipinski definition) is 1. The highest BCUT2D eigenvalue weighted by Crippen LogP contribution is 2.41. The van der Waals surface area contributed by atoms with Crippen LogP contribution in [0.5, 0.6) is 0 Å². The van der Waals surface area contributed by atoms with E-state index in [1.807, 2.05) is 13.1 Å². The first-order valence-electron chi connectivity index (χ1n) is 7.32. The molecule has 1 aliphatic rings. The summed E-state index contributed by atoms with van der Waals surface area (Å²) in [5, 5.41) is 3.13. The molecule has 1 N–H and O–H groups in total. The van der Waals surface area contributed by atoms with Crippen LogP contribution in [0.2, 0.25) is 0 Å². The topological polar surface area (TPSA) is 12.0 Å². The smallest absolute Gasteiger partial charge is 0.123 e. The normalized spacial score (nSPS) is 15.1. The predicted octanol–water partition coefficient (Wildman–Crippen LogP) is 4.48. The Morgan fingerprint density at radius 3 is 2.60 bits per heavy atom. The van der Waals surface area contributed by atoms with Gasteiger partial charge in [0.1, 0.15) is 5.82 Å². The Hall–Kier alpha value is -1.67. The summed E-state index contributed by atoms with van der Waals surface area (Å²) >= 11 is 0. The Kier molecular flexibility index (Phi) is 3.83. The first-order chi connectivity index (χ1) is 9.79. The minimum absolute atomic E-state index is 0.167. The van der Waals surface area contributed by atoms with Crippen LogP contribution in [-0.2, 0) is 6.54 Å². The van der Waals surface area contributed by atoms with Gasteiger partial charge in [0.05, 0.1) is 0 Å². The fourth-order valence-electron chi connectivity index (χ4n) is 2.98. The van der Waals surface area contributed by atoms with Crippen molar-refractivity contribution >= 4 is 0 Å². The summed E-state index contributed by atoms with van der Waals surface area (Å²) in [7, 11) is 1.90. The molecule has 1 saturated carbocycles. The van der Waals surface area contributed by atoms with Gasteiger partial charge in [-0.1, -0.05) is 36.8 Å². The van der Waals surface area contributed by atoms with Gasteiger partial charge in [0.15, 0.2) is 0 Å². The molecule has 1 fully saturated rings. The van der Waals surface area contributed by atoms with E-state index in [0.717, 1.165) is 11.1 Å². The fourth-order valence-corrected chi connectivity index (χ4v) is 2.98. The lowest BCUT2D eigenvalue weighted by Gasteiger charge is -2.28. The largest absolute Gasteiger partial charge is 0.316 e. The van der Waals surface area contributed by atoms with Gasteiger partial charge >= 0.3 is 0 Å². The number of nitrogens with one attached hydrogen (secondary N) is 1.